The number of alkyl halides is 3. The molecule has 1 atom stereocenters. The van der Waals surface area contributed by atoms with E-state index in [0.29, 0.717) is 12.7 Å². The van der Waals surface area contributed by atoms with Gasteiger partial charge in [-0.2, -0.15) is 18.4 Å². The first-order chi connectivity index (χ1) is 8.92. The third-order valence-electron chi connectivity index (χ3n) is 2.56. The average Bonchev–Trinajstić information content (AvgIpc) is 2.37. The average molecular weight is 270 g/mol. The minimum absolute atomic E-state index is 0.178. The lowest BCUT2D eigenvalue weighted by Gasteiger charge is -2.15. The van der Waals surface area contributed by atoms with Gasteiger partial charge in [0.15, 0.2) is 0 Å². The van der Waals surface area contributed by atoms with Crippen molar-refractivity contribution in [3.05, 3.63) is 29.3 Å². The zero-order valence-corrected chi connectivity index (χ0v) is 10.3. The van der Waals surface area contributed by atoms with Crippen LogP contribution in [0, 0.1) is 11.3 Å². The minimum atomic E-state index is -4.59. The summed E-state index contributed by atoms with van der Waals surface area (Å²) >= 11 is 0. The Morgan fingerprint density at radius 2 is 2.16 bits per heavy atom. The Kier molecular flexibility index (Phi) is 4.93. The molecule has 1 aromatic rings. The molecule has 0 saturated heterocycles. The molecule has 102 valence electrons. The molecule has 0 saturated carbocycles. The first-order valence-electron chi connectivity index (χ1n) is 5.75. The van der Waals surface area contributed by atoms with E-state index >= 15 is 0 Å². The molecule has 0 radical (unpaired) electrons. The van der Waals surface area contributed by atoms with E-state index in [0.717, 1.165) is 18.6 Å². The number of carbonyl (C=O) groups is 1. The van der Waals surface area contributed by atoms with Gasteiger partial charge in [0.25, 0.3) is 0 Å². The lowest BCUT2D eigenvalue weighted by molar-refractivity contribution is -0.137. The fourth-order valence-electron chi connectivity index (χ4n) is 1.67. The van der Waals surface area contributed by atoms with Crippen LogP contribution in [0.15, 0.2) is 18.2 Å². The van der Waals surface area contributed by atoms with Gasteiger partial charge in [-0.15, -0.1) is 0 Å². The topological polar surface area (TPSA) is 52.9 Å². The van der Waals surface area contributed by atoms with Crippen LogP contribution in [-0.4, -0.2) is 12.3 Å². The molecule has 1 N–H and O–H groups in total. The third kappa shape index (κ3) is 3.98. The van der Waals surface area contributed by atoms with E-state index in [1.54, 1.807) is 0 Å². The predicted molar refractivity (Wildman–Crippen MR) is 64.5 cm³/mol. The second-order valence-corrected chi connectivity index (χ2v) is 4.05. The Morgan fingerprint density at radius 3 is 2.63 bits per heavy atom. The molecule has 3 nitrogen and oxygen atoms in total. The Labute approximate surface area is 109 Å². The molecule has 1 rings (SSSR count). The fraction of sp³-hybridized carbons (Fsp3) is 0.385. The van der Waals surface area contributed by atoms with Gasteiger partial charge in [0.1, 0.15) is 6.29 Å². The van der Waals surface area contributed by atoms with E-state index in [1.165, 1.54) is 12.1 Å². The number of carbonyl (C=O) groups excluding carboxylic acids is 1. The number of halogens is 3. The largest absolute Gasteiger partial charge is 0.417 e. The minimum Gasteiger partial charge on any atom is -0.376 e. The van der Waals surface area contributed by atoms with Crippen molar-refractivity contribution >= 4 is 12.0 Å². The van der Waals surface area contributed by atoms with Gasteiger partial charge >= 0.3 is 6.18 Å². The van der Waals surface area contributed by atoms with Crippen molar-refractivity contribution in [1.29, 1.82) is 5.26 Å². The fourth-order valence-corrected chi connectivity index (χ4v) is 1.67. The van der Waals surface area contributed by atoms with Crippen molar-refractivity contribution in [2.24, 2.45) is 0 Å². The van der Waals surface area contributed by atoms with E-state index in [2.05, 4.69) is 5.32 Å². The lowest BCUT2D eigenvalue weighted by atomic mass is 10.1. The van der Waals surface area contributed by atoms with E-state index in [-0.39, 0.29) is 5.69 Å². The summed E-state index contributed by atoms with van der Waals surface area (Å²) in [6.45, 7) is 1.87. The highest BCUT2D eigenvalue weighted by molar-refractivity contribution is 5.65. The standard InChI is InChI=1S/C13H13F3N2O/c1-2-3-11(8-19)18-10-5-4-9(7-17)12(6-10)13(14,15)16/h4-6,8,11,18H,2-3H2,1H3. The zero-order valence-electron chi connectivity index (χ0n) is 10.3. The van der Waals surface area contributed by atoms with Crippen LogP contribution in [0.3, 0.4) is 0 Å². The summed E-state index contributed by atoms with van der Waals surface area (Å²) in [5.74, 6) is 0. The summed E-state index contributed by atoms with van der Waals surface area (Å²) in [4.78, 5) is 10.8. The van der Waals surface area contributed by atoms with Gasteiger partial charge in [-0.3, -0.25) is 0 Å². The molecule has 0 spiro atoms. The van der Waals surface area contributed by atoms with Crippen molar-refractivity contribution in [2.75, 3.05) is 5.32 Å². The van der Waals surface area contributed by atoms with Crippen LogP contribution in [0.4, 0.5) is 18.9 Å². The van der Waals surface area contributed by atoms with Crippen LogP contribution in [0.5, 0.6) is 0 Å². The summed E-state index contributed by atoms with van der Waals surface area (Å²) in [7, 11) is 0. The molecule has 1 unspecified atom stereocenters. The summed E-state index contributed by atoms with van der Waals surface area (Å²) in [5.41, 5.74) is -1.26. The maximum atomic E-state index is 12.7. The molecule has 0 aliphatic carbocycles. The Hall–Kier alpha value is -2.03. The number of hydrogen-bond acceptors (Lipinski definition) is 3. The van der Waals surface area contributed by atoms with Gasteiger partial charge in [0.2, 0.25) is 0 Å². The quantitative estimate of drug-likeness (QED) is 0.835. The number of hydrogen-bond donors (Lipinski definition) is 1. The summed E-state index contributed by atoms with van der Waals surface area (Å²) < 4.78 is 38.2. The van der Waals surface area contributed by atoms with Crippen molar-refractivity contribution in [3.8, 4) is 6.07 Å². The number of rotatable bonds is 5. The van der Waals surface area contributed by atoms with E-state index < -0.39 is 23.3 Å². The Morgan fingerprint density at radius 1 is 1.47 bits per heavy atom. The van der Waals surface area contributed by atoms with Crippen LogP contribution >= 0.6 is 0 Å². The number of nitriles is 1. The number of aldehydes is 1. The second kappa shape index (κ2) is 6.23. The smallest absolute Gasteiger partial charge is 0.376 e. The highest BCUT2D eigenvalue weighted by Crippen LogP contribution is 2.33. The summed E-state index contributed by atoms with van der Waals surface area (Å²) in [5, 5.41) is 11.4. The number of nitrogens with one attached hydrogen (secondary N) is 1. The van der Waals surface area contributed by atoms with Crippen molar-refractivity contribution < 1.29 is 18.0 Å². The molecule has 6 heteroatoms. The van der Waals surface area contributed by atoms with Crippen LogP contribution in [0.1, 0.15) is 30.9 Å². The molecule has 0 fully saturated rings. The monoisotopic (exact) mass is 270 g/mol. The van der Waals surface area contributed by atoms with Crippen molar-refractivity contribution in [1.82, 2.24) is 0 Å². The number of benzene rings is 1. The summed E-state index contributed by atoms with van der Waals surface area (Å²) in [6, 6.07) is 4.28. The molecule has 0 heterocycles. The van der Waals surface area contributed by atoms with Crippen LogP contribution in [-0.2, 0) is 11.0 Å². The molecule has 0 aliphatic heterocycles. The molecular formula is C13H13F3N2O. The maximum absolute atomic E-state index is 12.7. The molecular weight excluding hydrogens is 257 g/mol. The first-order valence-corrected chi connectivity index (χ1v) is 5.75. The van der Waals surface area contributed by atoms with Crippen LogP contribution < -0.4 is 5.32 Å². The Balaban J connectivity index is 3.05. The number of anilines is 1. The van der Waals surface area contributed by atoms with Gasteiger partial charge in [-0.1, -0.05) is 13.3 Å². The molecule has 1 aromatic carbocycles. The van der Waals surface area contributed by atoms with Gasteiger partial charge in [-0.05, 0) is 24.6 Å². The second-order valence-electron chi connectivity index (χ2n) is 4.05. The van der Waals surface area contributed by atoms with Crippen molar-refractivity contribution in [3.63, 3.8) is 0 Å². The van der Waals surface area contributed by atoms with Crippen LogP contribution in [0.25, 0.3) is 0 Å². The van der Waals surface area contributed by atoms with E-state index in [1.807, 2.05) is 6.92 Å². The normalized spacial score (nSPS) is 12.6. The van der Waals surface area contributed by atoms with Crippen molar-refractivity contribution in [2.45, 2.75) is 32.0 Å². The summed E-state index contributed by atoms with van der Waals surface area (Å²) in [6.07, 6.45) is -2.66. The van der Waals surface area contributed by atoms with Gasteiger partial charge in [0.05, 0.1) is 23.2 Å². The van der Waals surface area contributed by atoms with E-state index in [4.69, 9.17) is 5.26 Å². The maximum Gasteiger partial charge on any atom is 0.417 e. The molecule has 0 bridgehead atoms. The molecule has 0 aliphatic rings. The van der Waals surface area contributed by atoms with Gasteiger partial charge < -0.3 is 10.1 Å². The highest BCUT2D eigenvalue weighted by atomic mass is 19.4. The Bertz CT molecular complexity index is 492. The molecule has 0 amide bonds. The first kappa shape index (κ1) is 15.0. The highest BCUT2D eigenvalue weighted by Gasteiger charge is 2.33. The lowest BCUT2D eigenvalue weighted by Crippen LogP contribution is -2.21. The zero-order chi connectivity index (χ0) is 14.5. The molecule has 0 aromatic heterocycles. The van der Waals surface area contributed by atoms with Crippen LogP contribution in [0.2, 0.25) is 0 Å². The third-order valence-corrected chi connectivity index (χ3v) is 2.56. The van der Waals surface area contributed by atoms with E-state index in [9.17, 15) is 18.0 Å². The molecule has 19 heavy (non-hydrogen) atoms. The van der Waals surface area contributed by atoms with Gasteiger partial charge in [-0.25, -0.2) is 0 Å². The predicted octanol–water partition coefficient (Wildman–Crippen LogP) is 3.36. The van der Waals surface area contributed by atoms with Gasteiger partial charge in [0, 0.05) is 5.69 Å². The number of nitrogens with zero attached hydrogens (tertiary/aromatic N) is 1. The SMILES string of the molecule is CCCC(C=O)Nc1ccc(C#N)c(C(F)(F)F)c1.